The van der Waals surface area contributed by atoms with Crippen LogP contribution in [0.4, 0.5) is 17.1 Å². The number of hydrogen-bond donors (Lipinski definition) is 2. The van der Waals surface area contributed by atoms with Crippen molar-refractivity contribution >= 4 is 35.4 Å². The number of aromatic nitrogens is 2. The number of nitrogen functional groups attached to an aromatic ring is 1. The number of carbonyl (C=O) groups is 1. The summed E-state index contributed by atoms with van der Waals surface area (Å²) < 4.78 is 1.88. The van der Waals surface area contributed by atoms with Crippen molar-refractivity contribution in [1.82, 2.24) is 9.78 Å². The van der Waals surface area contributed by atoms with E-state index in [0.717, 1.165) is 59.1 Å². The van der Waals surface area contributed by atoms with Gasteiger partial charge in [-0.05, 0) is 63.4 Å². The van der Waals surface area contributed by atoms with E-state index >= 15 is 0 Å². The van der Waals surface area contributed by atoms with Crippen LogP contribution in [0.5, 0.6) is 0 Å². The normalized spacial score (nSPS) is 12.8. The number of halogens is 1. The molecule has 4 rings (SSSR count). The van der Waals surface area contributed by atoms with Crippen molar-refractivity contribution in [3.05, 3.63) is 65.0 Å². The summed E-state index contributed by atoms with van der Waals surface area (Å²) in [4.78, 5) is 15.0. The molecular formula is C23H28ClN5O. The van der Waals surface area contributed by atoms with Crippen LogP contribution >= 0.6 is 12.4 Å². The van der Waals surface area contributed by atoms with E-state index in [1.807, 2.05) is 48.9 Å². The Balaban J connectivity index is 0.00000256. The first-order valence-corrected chi connectivity index (χ1v) is 9.99. The molecule has 1 aromatic heterocycles. The lowest BCUT2D eigenvalue weighted by molar-refractivity contribution is -0.115. The van der Waals surface area contributed by atoms with Crippen LogP contribution < -0.4 is 16.0 Å². The molecule has 158 valence electrons. The fourth-order valence-corrected chi connectivity index (χ4v) is 4.01. The number of nitrogens with two attached hydrogens (primary N) is 1. The van der Waals surface area contributed by atoms with Gasteiger partial charge in [-0.2, -0.15) is 5.10 Å². The van der Waals surface area contributed by atoms with E-state index in [9.17, 15) is 4.79 Å². The summed E-state index contributed by atoms with van der Waals surface area (Å²) in [6.45, 7) is 7.11. The number of fused-ring (bicyclic) bond motifs is 1. The van der Waals surface area contributed by atoms with Gasteiger partial charge in [0.15, 0.2) is 0 Å². The SMILES string of the molecule is Cc1ccc(-n2nc(C)c(NC(=O)CN3CCCc4c(N)cccc43)c2C)cc1.Cl. The van der Waals surface area contributed by atoms with Crippen LogP contribution in [-0.2, 0) is 11.2 Å². The predicted octanol–water partition coefficient (Wildman–Crippen LogP) is 4.19. The summed E-state index contributed by atoms with van der Waals surface area (Å²) in [6, 6.07) is 14.1. The second-order valence-corrected chi connectivity index (χ2v) is 7.71. The molecule has 6 nitrogen and oxygen atoms in total. The molecule has 7 heteroatoms. The van der Waals surface area contributed by atoms with Crippen molar-refractivity contribution in [2.24, 2.45) is 0 Å². The minimum absolute atomic E-state index is 0. The Bertz CT molecular complexity index is 1060. The second kappa shape index (κ2) is 8.79. The van der Waals surface area contributed by atoms with Gasteiger partial charge in [0, 0.05) is 17.9 Å². The van der Waals surface area contributed by atoms with Gasteiger partial charge in [0.05, 0.1) is 29.3 Å². The molecule has 0 atom stereocenters. The molecule has 0 fully saturated rings. The van der Waals surface area contributed by atoms with Crippen LogP contribution in [0.15, 0.2) is 42.5 Å². The molecule has 1 aliphatic heterocycles. The summed E-state index contributed by atoms with van der Waals surface area (Å²) in [5, 5.41) is 7.71. The number of carbonyl (C=O) groups excluding carboxylic acids is 1. The van der Waals surface area contributed by atoms with Gasteiger partial charge in [-0.1, -0.05) is 23.8 Å². The highest BCUT2D eigenvalue weighted by molar-refractivity contribution is 5.95. The Hall–Kier alpha value is -2.99. The highest BCUT2D eigenvalue weighted by atomic mass is 35.5. The molecule has 0 saturated carbocycles. The van der Waals surface area contributed by atoms with Crippen LogP contribution in [0.1, 0.15) is 28.9 Å². The lowest BCUT2D eigenvalue weighted by Crippen LogP contribution is -2.37. The minimum atomic E-state index is -0.0464. The maximum Gasteiger partial charge on any atom is 0.243 e. The average molecular weight is 426 g/mol. The van der Waals surface area contributed by atoms with E-state index in [-0.39, 0.29) is 18.3 Å². The lowest BCUT2D eigenvalue weighted by atomic mass is 10.00. The number of hydrogen-bond acceptors (Lipinski definition) is 4. The van der Waals surface area contributed by atoms with Crippen LogP contribution in [0.25, 0.3) is 5.69 Å². The van der Waals surface area contributed by atoms with E-state index in [1.165, 1.54) is 5.56 Å². The molecule has 1 amide bonds. The summed E-state index contributed by atoms with van der Waals surface area (Å²) in [7, 11) is 0. The van der Waals surface area contributed by atoms with Crippen LogP contribution in [0.2, 0.25) is 0 Å². The third-order valence-corrected chi connectivity index (χ3v) is 5.55. The zero-order valence-corrected chi connectivity index (χ0v) is 18.4. The molecular weight excluding hydrogens is 398 g/mol. The van der Waals surface area contributed by atoms with Gasteiger partial charge in [0.1, 0.15) is 0 Å². The Morgan fingerprint density at radius 1 is 1.13 bits per heavy atom. The van der Waals surface area contributed by atoms with Gasteiger partial charge in [0.25, 0.3) is 0 Å². The number of rotatable bonds is 4. The standard InChI is InChI=1S/C23H27N5O.ClH/c1-15-9-11-18(12-10-15)28-17(3)23(16(2)26-28)25-22(29)14-27-13-5-6-19-20(24)7-4-8-21(19)27;/h4,7-12H,5-6,13-14,24H2,1-3H3,(H,25,29);1H. The fourth-order valence-electron chi connectivity index (χ4n) is 4.01. The zero-order valence-electron chi connectivity index (χ0n) is 17.6. The quantitative estimate of drug-likeness (QED) is 0.614. The number of nitrogens with one attached hydrogen (secondary N) is 1. The lowest BCUT2D eigenvalue weighted by Gasteiger charge is -2.31. The van der Waals surface area contributed by atoms with Gasteiger partial charge in [-0.3, -0.25) is 4.79 Å². The third-order valence-electron chi connectivity index (χ3n) is 5.55. The van der Waals surface area contributed by atoms with Gasteiger partial charge in [-0.25, -0.2) is 4.68 Å². The number of aryl methyl sites for hydroxylation is 2. The summed E-state index contributed by atoms with van der Waals surface area (Å²) in [5.74, 6) is -0.0464. The van der Waals surface area contributed by atoms with E-state index in [4.69, 9.17) is 5.73 Å². The van der Waals surface area contributed by atoms with E-state index in [2.05, 4.69) is 34.4 Å². The molecule has 2 heterocycles. The summed E-state index contributed by atoms with van der Waals surface area (Å²) >= 11 is 0. The van der Waals surface area contributed by atoms with Crippen LogP contribution in [-0.4, -0.2) is 28.8 Å². The molecule has 0 bridgehead atoms. The molecule has 3 N–H and O–H groups in total. The third kappa shape index (κ3) is 4.14. The molecule has 0 spiro atoms. The highest BCUT2D eigenvalue weighted by Crippen LogP contribution is 2.31. The smallest absolute Gasteiger partial charge is 0.243 e. The number of benzene rings is 2. The first-order valence-electron chi connectivity index (χ1n) is 9.99. The number of anilines is 3. The van der Waals surface area contributed by atoms with E-state index < -0.39 is 0 Å². The Kier molecular flexibility index (Phi) is 6.37. The largest absolute Gasteiger partial charge is 0.398 e. The Morgan fingerprint density at radius 3 is 2.60 bits per heavy atom. The van der Waals surface area contributed by atoms with Crippen LogP contribution in [0, 0.1) is 20.8 Å². The van der Waals surface area contributed by atoms with Crippen LogP contribution in [0.3, 0.4) is 0 Å². The van der Waals surface area contributed by atoms with Gasteiger partial charge >= 0.3 is 0 Å². The fraction of sp³-hybridized carbons (Fsp3) is 0.304. The van der Waals surface area contributed by atoms with Gasteiger partial charge in [-0.15, -0.1) is 12.4 Å². The van der Waals surface area contributed by atoms with Gasteiger partial charge in [0.2, 0.25) is 5.91 Å². The molecule has 0 radical (unpaired) electrons. The molecule has 2 aromatic carbocycles. The average Bonchev–Trinajstić information content (AvgIpc) is 2.98. The summed E-state index contributed by atoms with van der Waals surface area (Å²) in [6.07, 6.45) is 1.96. The van der Waals surface area contributed by atoms with Crippen molar-refractivity contribution in [1.29, 1.82) is 0 Å². The van der Waals surface area contributed by atoms with Gasteiger partial charge < -0.3 is 16.0 Å². The van der Waals surface area contributed by atoms with E-state index in [1.54, 1.807) is 0 Å². The predicted molar refractivity (Wildman–Crippen MR) is 125 cm³/mol. The Morgan fingerprint density at radius 2 is 1.87 bits per heavy atom. The highest BCUT2D eigenvalue weighted by Gasteiger charge is 2.22. The monoisotopic (exact) mass is 425 g/mol. The molecule has 3 aromatic rings. The van der Waals surface area contributed by atoms with Crippen molar-refractivity contribution in [2.75, 3.05) is 29.0 Å². The summed E-state index contributed by atoms with van der Waals surface area (Å²) in [5.41, 5.74) is 13.8. The second-order valence-electron chi connectivity index (χ2n) is 7.71. The topological polar surface area (TPSA) is 76.2 Å². The molecule has 30 heavy (non-hydrogen) atoms. The molecule has 0 aliphatic carbocycles. The van der Waals surface area contributed by atoms with Crippen molar-refractivity contribution < 1.29 is 4.79 Å². The van der Waals surface area contributed by atoms with Crippen molar-refractivity contribution in [2.45, 2.75) is 33.6 Å². The number of nitrogens with zero attached hydrogens (tertiary/aromatic N) is 3. The molecule has 0 unspecified atom stereocenters. The minimum Gasteiger partial charge on any atom is -0.398 e. The molecule has 0 saturated heterocycles. The first kappa shape index (κ1) is 21.7. The zero-order chi connectivity index (χ0) is 20.5. The van der Waals surface area contributed by atoms with Crippen molar-refractivity contribution in [3.63, 3.8) is 0 Å². The maximum atomic E-state index is 12.8. The number of amides is 1. The Labute approximate surface area is 183 Å². The van der Waals surface area contributed by atoms with Crippen molar-refractivity contribution in [3.8, 4) is 5.69 Å². The molecule has 1 aliphatic rings. The first-order chi connectivity index (χ1) is 13.9. The maximum absolute atomic E-state index is 12.8. The van der Waals surface area contributed by atoms with E-state index in [0.29, 0.717) is 6.54 Å².